The highest BCUT2D eigenvalue weighted by atomic mass is 16.5. The molecule has 3 aromatic rings. The molecule has 3 aliphatic heterocycles. The summed E-state index contributed by atoms with van der Waals surface area (Å²) >= 11 is 0. The molecule has 38 heavy (non-hydrogen) atoms. The van der Waals surface area contributed by atoms with Gasteiger partial charge in [-0.05, 0) is 74.6 Å². The molecule has 2 saturated heterocycles. The maximum Gasteiger partial charge on any atom is 0.159 e. The van der Waals surface area contributed by atoms with E-state index in [0.29, 0.717) is 12.1 Å². The van der Waals surface area contributed by atoms with Gasteiger partial charge in [-0.2, -0.15) is 5.10 Å². The lowest BCUT2D eigenvalue weighted by Crippen LogP contribution is -2.39. The highest BCUT2D eigenvalue weighted by Crippen LogP contribution is 2.34. The summed E-state index contributed by atoms with van der Waals surface area (Å²) in [5, 5.41) is 10.7. The summed E-state index contributed by atoms with van der Waals surface area (Å²) in [6, 6.07) is 13.6. The fourth-order valence-corrected chi connectivity index (χ4v) is 5.96. The van der Waals surface area contributed by atoms with Crippen molar-refractivity contribution in [3.05, 3.63) is 53.9 Å². The lowest BCUT2D eigenvalue weighted by atomic mass is 10.1. The van der Waals surface area contributed by atoms with Gasteiger partial charge in [0.05, 0.1) is 34.9 Å². The first kappa shape index (κ1) is 26.7. The molecule has 1 aromatic carbocycles. The van der Waals surface area contributed by atoms with E-state index >= 15 is 0 Å². The molecular formula is C30H42N6O2. The number of anilines is 2. The Morgan fingerprint density at radius 2 is 1.79 bits per heavy atom. The lowest BCUT2D eigenvalue weighted by Gasteiger charge is -2.34. The van der Waals surface area contributed by atoms with Gasteiger partial charge in [-0.15, -0.1) is 0 Å². The summed E-state index contributed by atoms with van der Waals surface area (Å²) in [5.74, 6) is 0. The number of hydrogen-bond acceptors (Lipinski definition) is 7. The largest absolute Gasteiger partial charge is 0.381 e. The second-order valence-corrected chi connectivity index (χ2v) is 10.4. The fourth-order valence-electron chi connectivity index (χ4n) is 5.96. The summed E-state index contributed by atoms with van der Waals surface area (Å²) in [7, 11) is 3.95. The number of hydrogen-bond donors (Lipinski definition) is 0. The zero-order valence-corrected chi connectivity index (χ0v) is 22.3. The molecule has 0 spiro atoms. The second kappa shape index (κ2) is 11.4. The first-order valence-electron chi connectivity index (χ1n) is 13.7. The summed E-state index contributed by atoms with van der Waals surface area (Å²) in [6.45, 7) is 6.63. The van der Waals surface area contributed by atoms with Crippen molar-refractivity contribution in [2.75, 3.05) is 56.9 Å². The molecule has 0 bridgehead atoms. The van der Waals surface area contributed by atoms with Crippen LogP contribution >= 0.6 is 0 Å². The van der Waals surface area contributed by atoms with Gasteiger partial charge in [0, 0.05) is 58.1 Å². The molecule has 1 unspecified atom stereocenters. The van der Waals surface area contributed by atoms with Crippen LogP contribution in [0.4, 0.5) is 11.4 Å². The minimum Gasteiger partial charge on any atom is -0.381 e. The fraction of sp³-hybridized carbons (Fsp3) is 0.533. The first-order valence-corrected chi connectivity index (χ1v) is 13.7. The number of rotatable bonds is 6. The van der Waals surface area contributed by atoms with Gasteiger partial charge in [0.25, 0.3) is 0 Å². The van der Waals surface area contributed by atoms with Crippen LogP contribution in [0.1, 0.15) is 57.5 Å². The molecule has 5 heterocycles. The number of methoxy groups -OCH3 is 1. The number of fused-ring (bicyclic) bond motifs is 1. The van der Waals surface area contributed by atoms with E-state index in [9.17, 15) is 0 Å². The average Bonchev–Trinajstić information content (AvgIpc) is 3.53. The van der Waals surface area contributed by atoms with Gasteiger partial charge >= 0.3 is 0 Å². The number of benzene rings is 1. The molecule has 0 saturated carbocycles. The van der Waals surface area contributed by atoms with Crippen molar-refractivity contribution in [1.82, 2.24) is 19.8 Å². The van der Waals surface area contributed by atoms with Crippen LogP contribution in [0.3, 0.4) is 0 Å². The van der Waals surface area contributed by atoms with Crippen molar-refractivity contribution in [2.45, 2.75) is 58.6 Å². The topological polar surface area (TPSA) is 58.9 Å². The number of pyridine rings is 1. The molecule has 8 heteroatoms. The Bertz CT molecular complexity index is 1260. The zero-order chi connectivity index (χ0) is 25.4. The number of ether oxygens (including phenoxy) is 2. The third-order valence-electron chi connectivity index (χ3n) is 8.05. The standard InChI is InChI=1S/C29H38N6O2.CH4/c1-4-26-25-11-12-27(30-29(25)34(31-26)22-14-18-37-19-15-22)28-13-17-32(2)35(28)23-9-7-21(8-10-23)33-16-5-6-24(20-33)36-3;/h7-13,22,24H,4-6,14-20H2,1-3H3;1H4. The summed E-state index contributed by atoms with van der Waals surface area (Å²) in [5.41, 5.74) is 6.61. The summed E-state index contributed by atoms with van der Waals surface area (Å²) in [4.78, 5) is 7.66. The van der Waals surface area contributed by atoms with E-state index in [0.717, 1.165) is 92.3 Å². The Hall–Kier alpha value is -2.94. The number of likely N-dealkylation sites (N-methyl/N-ethyl adjacent to an activating group) is 1. The maximum atomic E-state index is 5.63. The minimum absolute atomic E-state index is 0. The summed E-state index contributed by atoms with van der Waals surface area (Å²) in [6.07, 6.45) is 7.76. The van der Waals surface area contributed by atoms with E-state index in [-0.39, 0.29) is 7.43 Å². The van der Waals surface area contributed by atoms with Gasteiger partial charge in [-0.1, -0.05) is 14.4 Å². The van der Waals surface area contributed by atoms with E-state index in [1.54, 1.807) is 0 Å². The van der Waals surface area contributed by atoms with Crippen molar-refractivity contribution in [3.8, 4) is 0 Å². The van der Waals surface area contributed by atoms with Crippen LogP contribution in [0.15, 0.2) is 42.5 Å². The predicted octanol–water partition coefficient (Wildman–Crippen LogP) is 5.30. The maximum absolute atomic E-state index is 5.63. The third kappa shape index (κ3) is 4.93. The van der Waals surface area contributed by atoms with Gasteiger partial charge in [0.15, 0.2) is 5.65 Å². The first-order chi connectivity index (χ1) is 18.2. The molecule has 8 nitrogen and oxygen atoms in total. The van der Waals surface area contributed by atoms with Crippen LogP contribution in [0.25, 0.3) is 16.7 Å². The van der Waals surface area contributed by atoms with Crippen LogP contribution in [0.5, 0.6) is 0 Å². The highest BCUT2D eigenvalue weighted by Gasteiger charge is 2.27. The SMILES string of the molecule is C.CCc1nn(C2CCOCC2)c2nc(C3=CCN(C)N3c3ccc(N4CCCC(OC)C4)cc3)ccc12. The van der Waals surface area contributed by atoms with Crippen molar-refractivity contribution in [1.29, 1.82) is 0 Å². The molecule has 0 radical (unpaired) electrons. The molecule has 6 rings (SSSR count). The van der Waals surface area contributed by atoms with E-state index < -0.39 is 0 Å². The van der Waals surface area contributed by atoms with Crippen LogP contribution in [-0.2, 0) is 15.9 Å². The van der Waals surface area contributed by atoms with E-state index in [4.69, 9.17) is 19.6 Å². The van der Waals surface area contributed by atoms with Crippen molar-refractivity contribution in [3.63, 3.8) is 0 Å². The van der Waals surface area contributed by atoms with E-state index in [1.165, 1.54) is 12.1 Å². The van der Waals surface area contributed by atoms with Crippen molar-refractivity contribution < 1.29 is 9.47 Å². The zero-order valence-electron chi connectivity index (χ0n) is 22.3. The monoisotopic (exact) mass is 518 g/mol. The Labute approximate surface area is 226 Å². The number of hydrazine groups is 1. The molecule has 204 valence electrons. The van der Waals surface area contributed by atoms with Crippen LogP contribution in [0.2, 0.25) is 0 Å². The van der Waals surface area contributed by atoms with Gasteiger partial charge in [0.2, 0.25) is 0 Å². The second-order valence-electron chi connectivity index (χ2n) is 10.4. The molecule has 3 aliphatic rings. The smallest absolute Gasteiger partial charge is 0.159 e. The molecular weight excluding hydrogens is 476 g/mol. The van der Waals surface area contributed by atoms with Gasteiger partial charge in [-0.25, -0.2) is 14.7 Å². The van der Waals surface area contributed by atoms with E-state index in [2.05, 4.69) is 76.0 Å². The molecule has 1 atom stereocenters. The Kier molecular flexibility index (Phi) is 8.02. The minimum atomic E-state index is 0. The Balaban J connectivity index is 0.00000294. The normalized spacial score (nSPS) is 21.1. The number of nitrogens with zero attached hydrogens (tertiary/aromatic N) is 6. The van der Waals surface area contributed by atoms with Gasteiger partial charge in [0.1, 0.15) is 0 Å². The van der Waals surface area contributed by atoms with Crippen LogP contribution in [0, 0.1) is 0 Å². The molecule has 0 N–H and O–H groups in total. The number of aryl methyl sites for hydroxylation is 1. The van der Waals surface area contributed by atoms with E-state index in [1.807, 2.05) is 7.11 Å². The highest BCUT2D eigenvalue weighted by molar-refractivity contribution is 5.85. The molecule has 2 aromatic heterocycles. The molecule has 0 aliphatic carbocycles. The molecule has 0 amide bonds. The number of piperidine rings is 1. The number of aromatic nitrogens is 3. The van der Waals surface area contributed by atoms with Crippen molar-refractivity contribution >= 4 is 28.1 Å². The molecule has 2 fully saturated rings. The lowest BCUT2D eigenvalue weighted by molar-refractivity contribution is 0.0672. The average molecular weight is 519 g/mol. The quantitative estimate of drug-likeness (QED) is 0.439. The van der Waals surface area contributed by atoms with Crippen LogP contribution in [-0.4, -0.2) is 72.9 Å². The van der Waals surface area contributed by atoms with Crippen molar-refractivity contribution in [2.24, 2.45) is 0 Å². The Morgan fingerprint density at radius 1 is 1.03 bits per heavy atom. The van der Waals surface area contributed by atoms with Gasteiger partial charge < -0.3 is 14.4 Å². The third-order valence-corrected chi connectivity index (χ3v) is 8.05. The van der Waals surface area contributed by atoms with Gasteiger partial charge in [-0.3, -0.25) is 5.01 Å². The summed E-state index contributed by atoms with van der Waals surface area (Å²) < 4.78 is 13.4. The Morgan fingerprint density at radius 3 is 2.53 bits per heavy atom. The van der Waals surface area contributed by atoms with Crippen LogP contribution < -0.4 is 9.91 Å². The predicted molar refractivity (Wildman–Crippen MR) is 154 cm³/mol.